The molecule has 0 fully saturated rings. The first kappa shape index (κ1) is 17.1. The summed E-state index contributed by atoms with van der Waals surface area (Å²) in [6.45, 7) is 1.71. The number of ketones is 1. The standard InChI is InChI=1S/C17H15NO6/c1-3-24-16(21)12-8-10(9-18-14(12)17(22)23-2)15(20)11-6-4-5-7-13(11)19/h4-9,19H,3H2,1-2H3. The molecule has 2 aromatic rings. The molecule has 124 valence electrons. The molecule has 0 bridgehead atoms. The smallest absolute Gasteiger partial charge is 0.357 e. The van der Waals surface area contributed by atoms with Gasteiger partial charge in [0.2, 0.25) is 0 Å². The van der Waals surface area contributed by atoms with Gasteiger partial charge in [-0.15, -0.1) is 0 Å². The minimum absolute atomic E-state index is 0.0345. The molecule has 0 radical (unpaired) electrons. The quantitative estimate of drug-likeness (QED) is 0.661. The normalized spacial score (nSPS) is 10.1. The van der Waals surface area contributed by atoms with Crippen LogP contribution in [0.4, 0.5) is 0 Å². The van der Waals surface area contributed by atoms with Gasteiger partial charge in [-0.1, -0.05) is 12.1 Å². The van der Waals surface area contributed by atoms with Crippen molar-refractivity contribution in [2.45, 2.75) is 6.92 Å². The number of carbonyl (C=O) groups is 3. The van der Waals surface area contributed by atoms with Gasteiger partial charge in [0.05, 0.1) is 24.8 Å². The minimum Gasteiger partial charge on any atom is -0.507 e. The van der Waals surface area contributed by atoms with Gasteiger partial charge in [-0.05, 0) is 25.1 Å². The van der Waals surface area contributed by atoms with Crippen molar-refractivity contribution in [3.63, 3.8) is 0 Å². The fraction of sp³-hybridized carbons (Fsp3) is 0.176. The molecule has 1 N–H and O–H groups in total. The van der Waals surface area contributed by atoms with E-state index in [1.165, 1.54) is 18.2 Å². The number of para-hydroxylation sites is 1. The zero-order valence-electron chi connectivity index (χ0n) is 13.1. The van der Waals surface area contributed by atoms with Gasteiger partial charge in [-0.2, -0.15) is 0 Å². The third-order valence-electron chi connectivity index (χ3n) is 3.17. The molecular weight excluding hydrogens is 314 g/mol. The number of nitrogens with zero attached hydrogens (tertiary/aromatic N) is 1. The number of hydrogen-bond donors (Lipinski definition) is 1. The van der Waals surface area contributed by atoms with Crippen LogP contribution < -0.4 is 0 Å². The van der Waals surface area contributed by atoms with Gasteiger partial charge in [0.25, 0.3) is 0 Å². The highest BCUT2D eigenvalue weighted by Gasteiger charge is 2.23. The van der Waals surface area contributed by atoms with Crippen LogP contribution in [0.1, 0.15) is 43.7 Å². The maximum absolute atomic E-state index is 12.5. The third kappa shape index (κ3) is 3.40. The molecule has 0 aliphatic rings. The van der Waals surface area contributed by atoms with Crippen molar-refractivity contribution in [1.29, 1.82) is 0 Å². The summed E-state index contributed by atoms with van der Waals surface area (Å²) in [7, 11) is 1.15. The average Bonchev–Trinajstić information content (AvgIpc) is 2.60. The topological polar surface area (TPSA) is 103 Å². The van der Waals surface area contributed by atoms with E-state index < -0.39 is 17.7 Å². The van der Waals surface area contributed by atoms with E-state index in [9.17, 15) is 19.5 Å². The van der Waals surface area contributed by atoms with Crippen LogP contribution in [0.25, 0.3) is 0 Å². The summed E-state index contributed by atoms with van der Waals surface area (Å²) in [5.74, 6) is -2.35. The Hall–Kier alpha value is -3.22. The SMILES string of the molecule is CCOC(=O)c1cc(C(=O)c2ccccc2O)cnc1C(=O)OC. The summed E-state index contributed by atoms with van der Waals surface area (Å²) in [6.07, 6.45) is 1.14. The second-order valence-corrected chi connectivity index (χ2v) is 4.68. The van der Waals surface area contributed by atoms with Crippen LogP contribution in [0.3, 0.4) is 0 Å². The number of phenolic OH excluding ortho intramolecular Hbond substituents is 1. The Bertz CT molecular complexity index is 799. The third-order valence-corrected chi connectivity index (χ3v) is 3.17. The first-order valence-electron chi connectivity index (χ1n) is 7.07. The molecule has 0 aliphatic carbocycles. The molecule has 0 amide bonds. The molecule has 1 aromatic carbocycles. The lowest BCUT2D eigenvalue weighted by molar-refractivity contribution is 0.0501. The Balaban J connectivity index is 2.51. The number of esters is 2. The van der Waals surface area contributed by atoms with E-state index in [4.69, 9.17) is 4.74 Å². The van der Waals surface area contributed by atoms with Gasteiger partial charge in [-0.25, -0.2) is 14.6 Å². The van der Waals surface area contributed by atoms with E-state index >= 15 is 0 Å². The number of benzene rings is 1. The highest BCUT2D eigenvalue weighted by atomic mass is 16.5. The van der Waals surface area contributed by atoms with Crippen molar-refractivity contribution in [3.8, 4) is 5.75 Å². The van der Waals surface area contributed by atoms with Gasteiger partial charge in [-0.3, -0.25) is 4.79 Å². The van der Waals surface area contributed by atoms with Crippen LogP contribution >= 0.6 is 0 Å². The predicted molar refractivity (Wildman–Crippen MR) is 83.1 cm³/mol. The Kier molecular flexibility index (Phi) is 5.26. The van der Waals surface area contributed by atoms with Crippen LogP contribution in [-0.4, -0.2) is 41.5 Å². The summed E-state index contributed by atoms with van der Waals surface area (Å²) in [6, 6.07) is 7.18. The van der Waals surface area contributed by atoms with Crippen LogP contribution in [-0.2, 0) is 9.47 Å². The zero-order chi connectivity index (χ0) is 17.7. The highest BCUT2D eigenvalue weighted by Crippen LogP contribution is 2.21. The average molecular weight is 329 g/mol. The molecule has 0 unspecified atom stereocenters. The second kappa shape index (κ2) is 7.36. The summed E-state index contributed by atoms with van der Waals surface area (Å²) in [5.41, 5.74) is -0.332. The summed E-state index contributed by atoms with van der Waals surface area (Å²) < 4.78 is 9.46. The van der Waals surface area contributed by atoms with Gasteiger partial charge < -0.3 is 14.6 Å². The summed E-state index contributed by atoms with van der Waals surface area (Å²) >= 11 is 0. The Labute approximate surface area is 137 Å². The number of phenols is 1. The molecule has 24 heavy (non-hydrogen) atoms. The van der Waals surface area contributed by atoms with E-state index in [1.54, 1.807) is 19.1 Å². The fourth-order valence-electron chi connectivity index (χ4n) is 2.03. The van der Waals surface area contributed by atoms with Crippen LogP contribution in [0.5, 0.6) is 5.75 Å². The van der Waals surface area contributed by atoms with E-state index in [2.05, 4.69) is 9.72 Å². The minimum atomic E-state index is -0.820. The van der Waals surface area contributed by atoms with Crippen molar-refractivity contribution in [3.05, 3.63) is 58.9 Å². The van der Waals surface area contributed by atoms with Crippen molar-refractivity contribution >= 4 is 17.7 Å². The van der Waals surface area contributed by atoms with E-state index in [0.717, 1.165) is 13.3 Å². The molecule has 7 nitrogen and oxygen atoms in total. The first-order valence-corrected chi connectivity index (χ1v) is 7.07. The van der Waals surface area contributed by atoms with Gasteiger partial charge in [0.15, 0.2) is 11.5 Å². The van der Waals surface area contributed by atoms with E-state index in [-0.39, 0.29) is 34.7 Å². The lowest BCUT2D eigenvalue weighted by Crippen LogP contribution is -2.16. The van der Waals surface area contributed by atoms with Gasteiger partial charge >= 0.3 is 11.9 Å². The van der Waals surface area contributed by atoms with Gasteiger partial charge in [0, 0.05) is 11.8 Å². The van der Waals surface area contributed by atoms with Crippen LogP contribution in [0, 0.1) is 0 Å². The largest absolute Gasteiger partial charge is 0.507 e. The molecule has 1 heterocycles. The number of ether oxygens (including phenoxy) is 2. The van der Waals surface area contributed by atoms with Crippen molar-refractivity contribution in [2.75, 3.05) is 13.7 Å². The van der Waals surface area contributed by atoms with Gasteiger partial charge in [0.1, 0.15) is 5.75 Å². The number of hydrogen-bond acceptors (Lipinski definition) is 7. The molecular formula is C17H15NO6. The number of aromatic hydroxyl groups is 1. The molecule has 0 saturated carbocycles. The van der Waals surface area contributed by atoms with Crippen LogP contribution in [0.15, 0.2) is 36.5 Å². The monoisotopic (exact) mass is 329 g/mol. The number of carbonyl (C=O) groups excluding carboxylic acids is 3. The lowest BCUT2D eigenvalue weighted by Gasteiger charge is -2.09. The molecule has 0 atom stereocenters. The molecule has 2 rings (SSSR count). The number of pyridine rings is 1. The Morgan fingerprint density at radius 2 is 1.83 bits per heavy atom. The molecule has 7 heteroatoms. The van der Waals surface area contributed by atoms with Crippen LogP contribution in [0.2, 0.25) is 0 Å². The second-order valence-electron chi connectivity index (χ2n) is 4.68. The summed E-state index contributed by atoms with van der Waals surface area (Å²) in [4.78, 5) is 40.1. The molecule has 0 spiro atoms. The summed E-state index contributed by atoms with van der Waals surface area (Å²) in [5, 5.41) is 9.78. The Morgan fingerprint density at radius 1 is 1.12 bits per heavy atom. The van der Waals surface area contributed by atoms with E-state index in [0.29, 0.717) is 0 Å². The van der Waals surface area contributed by atoms with Crippen molar-refractivity contribution < 1.29 is 29.0 Å². The molecule has 1 aromatic heterocycles. The Morgan fingerprint density at radius 3 is 2.46 bits per heavy atom. The number of aromatic nitrogens is 1. The number of methoxy groups -OCH3 is 1. The fourth-order valence-corrected chi connectivity index (χ4v) is 2.03. The zero-order valence-corrected chi connectivity index (χ0v) is 13.1. The number of rotatable bonds is 5. The first-order chi connectivity index (χ1) is 11.5. The predicted octanol–water partition coefficient (Wildman–Crippen LogP) is 1.98. The van der Waals surface area contributed by atoms with Crippen molar-refractivity contribution in [2.24, 2.45) is 0 Å². The maximum atomic E-state index is 12.5. The van der Waals surface area contributed by atoms with Crippen molar-refractivity contribution in [1.82, 2.24) is 4.98 Å². The molecule has 0 saturated heterocycles. The molecule has 0 aliphatic heterocycles. The maximum Gasteiger partial charge on any atom is 0.357 e. The highest BCUT2D eigenvalue weighted by molar-refractivity contribution is 6.12. The van der Waals surface area contributed by atoms with E-state index in [1.807, 2.05) is 0 Å². The lowest BCUT2D eigenvalue weighted by atomic mass is 10.0.